The lowest BCUT2D eigenvalue weighted by atomic mass is 10.0. The normalized spacial score (nSPS) is 12.6. The zero-order valence-corrected chi connectivity index (χ0v) is 32.5. The van der Waals surface area contributed by atoms with Crippen LogP contribution in [0.15, 0.2) is 170 Å². The number of nitrogens with zero attached hydrogens (tertiary/aromatic N) is 4. The largest absolute Gasteiger partial charge is 0.504 e. The second kappa shape index (κ2) is 14.7. The van der Waals surface area contributed by atoms with E-state index in [1.807, 2.05) is 156 Å². The molecule has 0 amide bonds. The van der Waals surface area contributed by atoms with Gasteiger partial charge in [-0.2, -0.15) is 0 Å². The first-order chi connectivity index (χ1) is 29.0. The van der Waals surface area contributed by atoms with Crippen molar-refractivity contribution in [3.8, 4) is 56.9 Å². The van der Waals surface area contributed by atoms with E-state index >= 15 is 0 Å². The van der Waals surface area contributed by atoms with Gasteiger partial charge in [-0.1, -0.05) is 109 Å². The minimum absolute atomic E-state index is 0.0664. The van der Waals surface area contributed by atoms with Crippen LogP contribution in [0.4, 0.5) is 0 Å². The molecule has 0 aliphatic rings. The molecule has 2 unspecified atom stereocenters. The Hall–Kier alpha value is -7.58. The summed E-state index contributed by atoms with van der Waals surface area (Å²) >= 11 is 0. The Bertz CT molecular complexity index is 2870. The topological polar surface area (TPSA) is 94.6 Å². The molecule has 0 aliphatic carbocycles. The van der Waals surface area contributed by atoms with Gasteiger partial charge in [-0.3, -0.25) is 9.13 Å². The van der Waals surface area contributed by atoms with Gasteiger partial charge in [0.1, 0.15) is 11.5 Å². The summed E-state index contributed by atoms with van der Waals surface area (Å²) in [6.45, 7) is 4.04. The van der Waals surface area contributed by atoms with Crippen LogP contribution in [0.5, 0.6) is 23.0 Å². The highest BCUT2D eigenvalue weighted by molar-refractivity contribution is 6.10. The van der Waals surface area contributed by atoms with Crippen LogP contribution in [0.25, 0.3) is 77.5 Å². The Kier molecular flexibility index (Phi) is 8.94. The first-order valence-electron chi connectivity index (χ1n) is 19.8. The molecule has 0 fully saturated rings. The second-order valence-electron chi connectivity index (χ2n) is 14.9. The van der Waals surface area contributed by atoms with E-state index in [0.717, 1.165) is 54.7 Å². The molecule has 10 rings (SSSR count). The summed E-state index contributed by atoms with van der Waals surface area (Å²) in [6, 6.07) is 51.8. The van der Waals surface area contributed by atoms with Crippen molar-refractivity contribution in [2.75, 3.05) is 0 Å². The fourth-order valence-corrected chi connectivity index (χ4v) is 8.53. The van der Waals surface area contributed by atoms with Gasteiger partial charge in [0.05, 0.1) is 34.3 Å². The van der Waals surface area contributed by atoms with Crippen LogP contribution in [-0.2, 0) is 0 Å². The zero-order valence-electron chi connectivity index (χ0n) is 32.5. The number of pyridine rings is 2. The minimum Gasteiger partial charge on any atom is -0.504 e. The highest BCUT2D eigenvalue weighted by Gasteiger charge is 2.23. The number of aromatic nitrogens is 4. The quantitative estimate of drug-likeness (QED) is 0.144. The molecule has 4 heterocycles. The van der Waals surface area contributed by atoms with Crippen LogP contribution >= 0.6 is 0 Å². The molecular formula is C51H40N4O4. The monoisotopic (exact) mass is 772 g/mol. The molecule has 0 bridgehead atoms. The number of rotatable bonds is 10. The lowest BCUT2D eigenvalue weighted by molar-refractivity contribution is 0.131. The van der Waals surface area contributed by atoms with Crippen LogP contribution in [0.1, 0.15) is 20.3 Å². The van der Waals surface area contributed by atoms with Crippen LogP contribution in [0.2, 0.25) is 0 Å². The van der Waals surface area contributed by atoms with Gasteiger partial charge in [0.15, 0.2) is 23.1 Å². The number of hydrogen-bond acceptors (Lipinski definition) is 6. The zero-order chi connectivity index (χ0) is 40.0. The van der Waals surface area contributed by atoms with Gasteiger partial charge in [0, 0.05) is 62.6 Å². The van der Waals surface area contributed by atoms with E-state index in [-0.39, 0.29) is 23.7 Å². The Morgan fingerprint density at radius 3 is 1.12 bits per heavy atom. The van der Waals surface area contributed by atoms with Crippen molar-refractivity contribution < 1.29 is 19.7 Å². The van der Waals surface area contributed by atoms with Crippen molar-refractivity contribution in [3.63, 3.8) is 0 Å². The number of hydrogen-bond donors (Lipinski definition) is 2. The average Bonchev–Trinajstić information content (AvgIpc) is 3.77. The maximum absolute atomic E-state index is 11.9. The van der Waals surface area contributed by atoms with E-state index in [2.05, 4.69) is 34.2 Å². The molecular weight excluding hydrogens is 733 g/mol. The second-order valence-corrected chi connectivity index (χ2v) is 14.9. The third-order valence-corrected chi connectivity index (χ3v) is 11.1. The molecule has 10 aromatic rings. The standard InChI is InChI=1S/C51H40N4O4/c1-32(58-46-25-13-7-19-38(46)40-27-29-52-50(48(40)56)54-42-21-9-3-15-34(42)35-16-4-10-22-43(35)54)31-33(2)59-47-26-14-8-20-39(47)41-28-30-53-51(49(41)57)55-44-23-11-5-17-36(44)37-18-6-12-24-45(37)55/h3-30,32-33,56-57H,31H2,1-2H3. The lowest BCUT2D eigenvalue weighted by Crippen LogP contribution is -2.23. The van der Waals surface area contributed by atoms with E-state index in [4.69, 9.17) is 9.47 Å². The summed E-state index contributed by atoms with van der Waals surface area (Å²) in [5, 5.41) is 28.2. The smallest absolute Gasteiger partial charge is 0.180 e. The van der Waals surface area contributed by atoms with Crippen molar-refractivity contribution in [1.29, 1.82) is 0 Å². The fourth-order valence-electron chi connectivity index (χ4n) is 8.53. The van der Waals surface area contributed by atoms with Gasteiger partial charge in [-0.15, -0.1) is 0 Å². The molecule has 0 spiro atoms. The van der Waals surface area contributed by atoms with Gasteiger partial charge in [-0.05, 0) is 62.4 Å². The summed E-state index contributed by atoms with van der Waals surface area (Å²) in [5.41, 5.74) is 6.61. The number of fused-ring (bicyclic) bond motifs is 6. The maximum Gasteiger partial charge on any atom is 0.180 e. The van der Waals surface area contributed by atoms with Gasteiger partial charge in [0.25, 0.3) is 0 Å². The van der Waals surface area contributed by atoms with Gasteiger partial charge in [0.2, 0.25) is 0 Å². The fraction of sp³-hybridized carbons (Fsp3) is 0.0980. The van der Waals surface area contributed by atoms with Crippen molar-refractivity contribution in [2.24, 2.45) is 0 Å². The molecule has 2 atom stereocenters. The average molecular weight is 773 g/mol. The highest BCUT2D eigenvalue weighted by atomic mass is 16.5. The first-order valence-corrected chi connectivity index (χ1v) is 19.8. The number of aromatic hydroxyl groups is 2. The highest BCUT2D eigenvalue weighted by Crippen LogP contribution is 2.43. The number of benzene rings is 6. The van der Waals surface area contributed by atoms with Crippen LogP contribution in [0, 0.1) is 0 Å². The Balaban J connectivity index is 0.917. The van der Waals surface area contributed by atoms with E-state index < -0.39 is 0 Å². The van der Waals surface area contributed by atoms with Crippen molar-refractivity contribution in [3.05, 3.63) is 170 Å². The lowest BCUT2D eigenvalue weighted by Gasteiger charge is -2.23. The summed E-state index contributed by atoms with van der Waals surface area (Å²) in [7, 11) is 0. The summed E-state index contributed by atoms with van der Waals surface area (Å²) < 4.78 is 17.3. The van der Waals surface area contributed by atoms with Gasteiger partial charge in [-0.25, -0.2) is 9.97 Å². The van der Waals surface area contributed by atoms with Gasteiger partial charge >= 0.3 is 0 Å². The molecule has 6 aromatic carbocycles. The van der Waals surface area contributed by atoms with Crippen LogP contribution in [-0.4, -0.2) is 41.5 Å². The summed E-state index contributed by atoms with van der Waals surface area (Å²) in [6.07, 6.45) is 3.51. The molecule has 4 aromatic heterocycles. The predicted octanol–water partition coefficient (Wildman–Crippen LogP) is 12.0. The molecule has 0 saturated heterocycles. The predicted molar refractivity (Wildman–Crippen MR) is 236 cm³/mol. The van der Waals surface area contributed by atoms with Crippen molar-refractivity contribution in [1.82, 2.24) is 19.1 Å². The van der Waals surface area contributed by atoms with Gasteiger partial charge < -0.3 is 19.7 Å². The molecule has 288 valence electrons. The van der Waals surface area contributed by atoms with Crippen molar-refractivity contribution >= 4 is 43.6 Å². The molecule has 8 nitrogen and oxygen atoms in total. The molecule has 0 radical (unpaired) electrons. The molecule has 0 saturated carbocycles. The SMILES string of the molecule is CC(CC(C)Oc1ccccc1-c1ccnc(-n2c3ccccc3c3ccccc32)c1O)Oc1ccccc1-c1ccnc(-n2c3ccccc3c3ccccc32)c1O. The number of para-hydroxylation sites is 6. The van der Waals surface area contributed by atoms with Crippen LogP contribution < -0.4 is 9.47 Å². The Morgan fingerprint density at radius 2 is 0.746 bits per heavy atom. The Morgan fingerprint density at radius 1 is 0.424 bits per heavy atom. The van der Waals surface area contributed by atoms with E-state index in [1.54, 1.807) is 12.4 Å². The number of ether oxygens (including phenoxy) is 2. The summed E-state index contributed by atoms with van der Waals surface area (Å²) in [4.78, 5) is 9.38. The molecule has 59 heavy (non-hydrogen) atoms. The minimum atomic E-state index is -0.254. The third-order valence-electron chi connectivity index (χ3n) is 11.1. The van der Waals surface area contributed by atoms with E-state index in [0.29, 0.717) is 40.7 Å². The molecule has 2 N–H and O–H groups in total. The molecule has 8 heteroatoms. The maximum atomic E-state index is 11.9. The van der Waals surface area contributed by atoms with Crippen molar-refractivity contribution in [2.45, 2.75) is 32.5 Å². The summed E-state index contributed by atoms with van der Waals surface area (Å²) in [5.74, 6) is 2.31. The first kappa shape index (κ1) is 35.8. The third kappa shape index (κ3) is 6.17. The Labute approximate surface area is 340 Å². The van der Waals surface area contributed by atoms with Crippen LogP contribution in [0.3, 0.4) is 0 Å². The molecule has 0 aliphatic heterocycles. The van der Waals surface area contributed by atoms with E-state index in [9.17, 15) is 10.2 Å². The van der Waals surface area contributed by atoms with E-state index in [1.165, 1.54) is 0 Å².